The molecule has 0 bridgehead atoms. The molecule has 1 aliphatic rings. The Labute approximate surface area is 161 Å². The van der Waals surface area contributed by atoms with Gasteiger partial charge in [0, 0.05) is 31.2 Å². The summed E-state index contributed by atoms with van der Waals surface area (Å²) in [7, 11) is 2.06. The predicted molar refractivity (Wildman–Crippen MR) is 107 cm³/mol. The Morgan fingerprint density at radius 2 is 2.07 bits per heavy atom. The van der Waals surface area contributed by atoms with E-state index in [0.29, 0.717) is 18.4 Å². The number of carbonyl (C=O) groups is 1. The van der Waals surface area contributed by atoms with E-state index in [2.05, 4.69) is 53.1 Å². The van der Waals surface area contributed by atoms with Crippen molar-refractivity contribution in [3.05, 3.63) is 53.5 Å². The maximum Gasteiger partial charge on any atom is 0.225 e. The zero-order valence-electron chi connectivity index (χ0n) is 16.4. The second kappa shape index (κ2) is 8.48. The number of aryl methyl sites for hydroxylation is 1. The van der Waals surface area contributed by atoms with Crippen LogP contribution in [0.25, 0.3) is 0 Å². The maximum absolute atomic E-state index is 12.9. The first-order chi connectivity index (χ1) is 12.9. The molecule has 1 aliphatic heterocycles. The highest BCUT2D eigenvalue weighted by molar-refractivity contribution is 5.79. The van der Waals surface area contributed by atoms with Crippen LogP contribution in [0.2, 0.25) is 0 Å². The van der Waals surface area contributed by atoms with E-state index < -0.39 is 0 Å². The topological polar surface area (TPSA) is 75.4 Å². The smallest absolute Gasteiger partial charge is 0.225 e. The average Bonchev–Trinajstić information content (AvgIpc) is 3.13. The molecule has 144 valence electrons. The number of nitrogens with two attached hydrogens (primary N) is 1. The zero-order chi connectivity index (χ0) is 19.4. The number of rotatable bonds is 6. The van der Waals surface area contributed by atoms with Gasteiger partial charge in [0.25, 0.3) is 0 Å². The third-order valence-electron chi connectivity index (χ3n) is 5.30. The molecule has 6 heteroatoms. The molecule has 0 saturated carbocycles. The molecule has 1 aromatic carbocycles. The molecule has 3 rings (SSSR count). The predicted octanol–water partition coefficient (Wildman–Crippen LogP) is 2.28. The van der Waals surface area contributed by atoms with Gasteiger partial charge in [-0.1, -0.05) is 36.8 Å². The Hall–Kier alpha value is -2.47. The fraction of sp³-hybridized carbons (Fsp3) is 0.476. The van der Waals surface area contributed by atoms with Crippen molar-refractivity contribution in [3.63, 3.8) is 0 Å². The first-order valence-electron chi connectivity index (χ1n) is 9.54. The Morgan fingerprint density at radius 3 is 2.78 bits per heavy atom. The number of amides is 1. The fourth-order valence-corrected chi connectivity index (χ4v) is 3.62. The summed E-state index contributed by atoms with van der Waals surface area (Å²) in [5, 5.41) is 0. The molecule has 1 aromatic heterocycles. The number of nitrogens with zero attached hydrogens (tertiary/aromatic N) is 4. The van der Waals surface area contributed by atoms with Crippen molar-refractivity contribution in [3.8, 4) is 0 Å². The lowest BCUT2D eigenvalue weighted by Gasteiger charge is -2.25. The van der Waals surface area contributed by atoms with Gasteiger partial charge in [-0.15, -0.1) is 0 Å². The van der Waals surface area contributed by atoms with Crippen LogP contribution in [-0.4, -0.2) is 51.9 Å². The number of carbonyl (C=O) groups excluding carboxylic acids is 1. The van der Waals surface area contributed by atoms with Gasteiger partial charge in [0.2, 0.25) is 5.91 Å². The van der Waals surface area contributed by atoms with Crippen molar-refractivity contribution >= 4 is 11.7 Å². The summed E-state index contributed by atoms with van der Waals surface area (Å²) in [6.07, 6.45) is 3.44. The van der Waals surface area contributed by atoms with E-state index in [1.54, 1.807) is 12.3 Å². The minimum Gasteiger partial charge on any atom is -0.384 e. The molecule has 1 fully saturated rings. The van der Waals surface area contributed by atoms with E-state index in [1.807, 2.05) is 11.8 Å². The van der Waals surface area contributed by atoms with Crippen molar-refractivity contribution in [1.29, 1.82) is 0 Å². The monoisotopic (exact) mass is 367 g/mol. The van der Waals surface area contributed by atoms with Gasteiger partial charge < -0.3 is 10.6 Å². The number of nitrogen functional groups attached to an aromatic ring is 1. The molecule has 2 atom stereocenters. The van der Waals surface area contributed by atoms with Crippen LogP contribution in [0.1, 0.15) is 30.3 Å². The normalized spacial score (nSPS) is 18.1. The van der Waals surface area contributed by atoms with Gasteiger partial charge in [0.15, 0.2) is 0 Å². The Kier molecular flexibility index (Phi) is 6.06. The molecular weight excluding hydrogens is 338 g/mol. The summed E-state index contributed by atoms with van der Waals surface area (Å²) >= 11 is 0. The van der Waals surface area contributed by atoms with Gasteiger partial charge in [-0.05, 0) is 38.4 Å². The SMILES string of the molecule is Cc1ccc(C[C@@H](C)C(=O)N2CC[C@@H](N(C)Cc3nccc(N)n3)C2)cc1. The summed E-state index contributed by atoms with van der Waals surface area (Å²) < 4.78 is 0. The van der Waals surface area contributed by atoms with Gasteiger partial charge >= 0.3 is 0 Å². The highest BCUT2D eigenvalue weighted by Crippen LogP contribution is 2.20. The van der Waals surface area contributed by atoms with Crippen LogP contribution in [0.3, 0.4) is 0 Å². The highest BCUT2D eigenvalue weighted by Gasteiger charge is 2.31. The third-order valence-corrected chi connectivity index (χ3v) is 5.30. The van der Waals surface area contributed by atoms with Gasteiger partial charge in [-0.3, -0.25) is 9.69 Å². The first-order valence-corrected chi connectivity index (χ1v) is 9.54. The van der Waals surface area contributed by atoms with Crippen molar-refractivity contribution in [2.45, 2.75) is 39.3 Å². The summed E-state index contributed by atoms with van der Waals surface area (Å²) in [6, 6.07) is 10.5. The first kappa shape index (κ1) is 19.3. The molecule has 2 N–H and O–H groups in total. The zero-order valence-corrected chi connectivity index (χ0v) is 16.4. The number of benzene rings is 1. The van der Waals surface area contributed by atoms with Crippen LogP contribution < -0.4 is 5.73 Å². The molecule has 1 saturated heterocycles. The summed E-state index contributed by atoms with van der Waals surface area (Å²) in [6.45, 7) is 6.31. The number of hydrogen-bond acceptors (Lipinski definition) is 5. The number of likely N-dealkylation sites (tertiary alicyclic amines) is 1. The molecule has 6 nitrogen and oxygen atoms in total. The lowest BCUT2D eigenvalue weighted by atomic mass is 9.99. The standard InChI is InChI=1S/C21H29N5O/c1-15-4-6-17(7-5-15)12-16(2)21(27)26-11-9-18(13-26)25(3)14-20-23-10-8-19(22)24-20/h4-8,10,16,18H,9,11-14H2,1-3H3,(H2,22,23,24)/t16-,18-/m1/s1. The Bertz CT molecular complexity index is 776. The summed E-state index contributed by atoms with van der Waals surface area (Å²) in [5.74, 6) is 1.44. The van der Waals surface area contributed by atoms with E-state index in [0.717, 1.165) is 31.8 Å². The minimum atomic E-state index is -0.00554. The minimum absolute atomic E-state index is 0.00554. The van der Waals surface area contributed by atoms with E-state index in [-0.39, 0.29) is 11.8 Å². The number of aromatic nitrogens is 2. The lowest BCUT2D eigenvalue weighted by molar-refractivity contribution is -0.134. The second-order valence-corrected chi connectivity index (χ2v) is 7.63. The Balaban J connectivity index is 1.53. The number of hydrogen-bond donors (Lipinski definition) is 1. The highest BCUT2D eigenvalue weighted by atomic mass is 16.2. The molecule has 1 amide bonds. The van der Waals surface area contributed by atoms with Gasteiger partial charge in [-0.2, -0.15) is 0 Å². The second-order valence-electron chi connectivity index (χ2n) is 7.63. The van der Waals surface area contributed by atoms with Crippen LogP contribution in [0.15, 0.2) is 36.5 Å². The largest absolute Gasteiger partial charge is 0.384 e. The number of anilines is 1. The van der Waals surface area contributed by atoms with Crippen LogP contribution >= 0.6 is 0 Å². The maximum atomic E-state index is 12.9. The van der Waals surface area contributed by atoms with Crippen molar-refractivity contribution in [2.75, 3.05) is 25.9 Å². The van der Waals surface area contributed by atoms with Crippen molar-refractivity contribution in [1.82, 2.24) is 19.8 Å². The molecule has 0 aliphatic carbocycles. The van der Waals surface area contributed by atoms with Crippen molar-refractivity contribution < 1.29 is 4.79 Å². The average molecular weight is 367 g/mol. The van der Waals surface area contributed by atoms with Crippen LogP contribution in [0.5, 0.6) is 0 Å². The number of likely N-dealkylation sites (N-methyl/N-ethyl adjacent to an activating group) is 1. The third kappa shape index (κ3) is 5.04. The molecule has 27 heavy (non-hydrogen) atoms. The van der Waals surface area contributed by atoms with Gasteiger partial charge in [0.05, 0.1) is 6.54 Å². The quantitative estimate of drug-likeness (QED) is 0.848. The molecule has 2 heterocycles. The molecular formula is C21H29N5O. The fourth-order valence-electron chi connectivity index (χ4n) is 3.62. The summed E-state index contributed by atoms with van der Waals surface area (Å²) in [5.41, 5.74) is 8.19. The summed E-state index contributed by atoms with van der Waals surface area (Å²) in [4.78, 5) is 25.6. The van der Waals surface area contributed by atoms with Crippen LogP contribution in [0.4, 0.5) is 5.82 Å². The van der Waals surface area contributed by atoms with Crippen molar-refractivity contribution in [2.24, 2.45) is 5.92 Å². The van der Waals surface area contributed by atoms with E-state index in [9.17, 15) is 4.79 Å². The molecule has 0 spiro atoms. The van der Waals surface area contributed by atoms with E-state index in [1.165, 1.54) is 11.1 Å². The lowest BCUT2D eigenvalue weighted by Crippen LogP contribution is -2.38. The van der Waals surface area contributed by atoms with E-state index in [4.69, 9.17) is 5.73 Å². The Morgan fingerprint density at radius 1 is 1.33 bits per heavy atom. The molecule has 2 aromatic rings. The van der Waals surface area contributed by atoms with E-state index >= 15 is 0 Å². The van der Waals surface area contributed by atoms with Crippen LogP contribution in [-0.2, 0) is 17.8 Å². The van der Waals surface area contributed by atoms with Gasteiger partial charge in [0.1, 0.15) is 11.6 Å². The molecule has 0 unspecified atom stereocenters. The van der Waals surface area contributed by atoms with Gasteiger partial charge in [-0.25, -0.2) is 9.97 Å². The van der Waals surface area contributed by atoms with Crippen LogP contribution in [0, 0.1) is 12.8 Å². The molecule has 0 radical (unpaired) electrons.